The lowest BCUT2D eigenvalue weighted by atomic mass is 9.88. The summed E-state index contributed by atoms with van der Waals surface area (Å²) >= 11 is 0. The molecule has 134 valence electrons. The van der Waals surface area contributed by atoms with Gasteiger partial charge < -0.3 is 15.4 Å². The molecule has 1 aliphatic heterocycles. The first-order valence-corrected chi connectivity index (χ1v) is 7.92. The molecular weight excluding hydrogens is 321 g/mol. The van der Waals surface area contributed by atoms with Crippen LogP contribution in [0.5, 0.6) is 0 Å². The van der Waals surface area contributed by atoms with Crippen molar-refractivity contribution in [1.82, 2.24) is 4.90 Å². The van der Waals surface area contributed by atoms with Gasteiger partial charge in [-0.1, -0.05) is 6.07 Å². The highest BCUT2D eigenvalue weighted by Gasteiger charge is 2.32. The average Bonchev–Trinajstić information content (AvgIpc) is 2.44. The van der Waals surface area contributed by atoms with Crippen LogP contribution in [0.4, 0.5) is 23.7 Å². The normalized spacial score (nSPS) is 17.0. The van der Waals surface area contributed by atoms with Gasteiger partial charge in [-0.3, -0.25) is 0 Å². The van der Waals surface area contributed by atoms with Crippen molar-refractivity contribution in [3.63, 3.8) is 0 Å². The summed E-state index contributed by atoms with van der Waals surface area (Å²) in [7, 11) is 0. The summed E-state index contributed by atoms with van der Waals surface area (Å²) in [6, 6.07) is 3.49. The molecule has 1 heterocycles. The van der Waals surface area contributed by atoms with E-state index in [4.69, 9.17) is 10.5 Å². The Labute approximate surface area is 139 Å². The van der Waals surface area contributed by atoms with Crippen molar-refractivity contribution in [2.45, 2.75) is 51.3 Å². The smallest absolute Gasteiger partial charge is 0.416 e. The highest BCUT2D eigenvalue weighted by atomic mass is 19.4. The lowest BCUT2D eigenvalue weighted by Gasteiger charge is -2.34. The maximum Gasteiger partial charge on any atom is 0.416 e. The molecule has 7 heteroatoms. The quantitative estimate of drug-likeness (QED) is 0.768. The number of nitrogen functional groups attached to an aromatic ring is 1. The van der Waals surface area contributed by atoms with Gasteiger partial charge in [-0.2, -0.15) is 13.2 Å². The minimum absolute atomic E-state index is 0.0472. The van der Waals surface area contributed by atoms with E-state index in [9.17, 15) is 18.0 Å². The van der Waals surface area contributed by atoms with Gasteiger partial charge in [0, 0.05) is 18.8 Å². The third-order valence-electron chi connectivity index (χ3n) is 4.00. The van der Waals surface area contributed by atoms with E-state index >= 15 is 0 Å². The van der Waals surface area contributed by atoms with Crippen LogP contribution in [0, 0.1) is 0 Å². The predicted molar refractivity (Wildman–Crippen MR) is 85.6 cm³/mol. The molecule has 1 saturated heterocycles. The number of carbonyl (C=O) groups is 1. The van der Waals surface area contributed by atoms with Crippen LogP contribution >= 0.6 is 0 Å². The number of ether oxygens (including phenoxy) is 1. The molecule has 1 aliphatic rings. The van der Waals surface area contributed by atoms with Crippen molar-refractivity contribution in [3.8, 4) is 0 Å². The molecule has 1 aromatic carbocycles. The van der Waals surface area contributed by atoms with Gasteiger partial charge in [-0.05, 0) is 57.2 Å². The Hall–Kier alpha value is -1.92. The van der Waals surface area contributed by atoms with E-state index in [2.05, 4.69) is 0 Å². The second-order valence-electron chi connectivity index (χ2n) is 7.08. The van der Waals surface area contributed by atoms with Gasteiger partial charge >= 0.3 is 12.3 Å². The molecule has 1 aromatic rings. The van der Waals surface area contributed by atoms with Gasteiger partial charge in [-0.25, -0.2) is 4.79 Å². The number of hydrogen-bond donors (Lipinski definition) is 1. The van der Waals surface area contributed by atoms with Gasteiger partial charge in [0.2, 0.25) is 0 Å². The molecule has 0 bridgehead atoms. The van der Waals surface area contributed by atoms with Crippen LogP contribution in [0.25, 0.3) is 0 Å². The van der Waals surface area contributed by atoms with Crippen LogP contribution in [0.2, 0.25) is 0 Å². The van der Waals surface area contributed by atoms with E-state index in [0.29, 0.717) is 31.5 Å². The number of halogens is 3. The lowest BCUT2D eigenvalue weighted by molar-refractivity contribution is -0.137. The lowest BCUT2D eigenvalue weighted by Crippen LogP contribution is -2.41. The molecule has 0 spiro atoms. The molecule has 0 atom stereocenters. The molecule has 2 rings (SSSR count). The number of carbonyl (C=O) groups excluding carboxylic acids is 1. The Bertz CT molecular complexity index is 601. The van der Waals surface area contributed by atoms with E-state index < -0.39 is 17.3 Å². The van der Waals surface area contributed by atoms with Gasteiger partial charge in [-0.15, -0.1) is 0 Å². The molecule has 0 aliphatic carbocycles. The van der Waals surface area contributed by atoms with Crippen molar-refractivity contribution in [2.24, 2.45) is 0 Å². The number of benzene rings is 1. The maximum atomic E-state index is 12.7. The standard InChI is InChI=1S/C17H23F3N2O2/c1-16(2,3)24-15(23)22-8-6-11(7-9-22)13-5-4-12(10-14(13)21)17(18,19)20/h4-5,10-11H,6-9,21H2,1-3H3. The Morgan fingerprint density at radius 2 is 1.79 bits per heavy atom. The Balaban J connectivity index is 2.01. The number of piperidine rings is 1. The van der Waals surface area contributed by atoms with E-state index in [1.54, 1.807) is 25.7 Å². The first-order chi connectivity index (χ1) is 11.0. The highest BCUT2D eigenvalue weighted by Crippen LogP contribution is 2.36. The second-order valence-corrected chi connectivity index (χ2v) is 7.08. The summed E-state index contributed by atoms with van der Waals surface area (Å²) in [5.41, 5.74) is 5.40. The van der Waals surface area contributed by atoms with E-state index in [-0.39, 0.29) is 17.7 Å². The minimum Gasteiger partial charge on any atom is -0.444 e. The monoisotopic (exact) mass is 344 g/mol. The van der Waals surface area contributed by atoms with Crippen molar-refractivity contribution < 1.29 is 22.7 Å². The molecule has 4 nitrogen and oxygen atoms in total. The fourth-order valence-electron chi connectivity index (χ4n) is 2.82. The van der Waals surface area contributed by atoms with Crippen LogP contribution < -0.4 is 5.73 Å². The molecule has 0 unspecified atom stereocenters. The summed E-state index contributed by atoms with van der Waals surface area (Å²) < 4.78 is 43.4. The molecule has 1 fully saturated rings. The number of anilines is 1. The average molecular weight is 344 g/mol. The largest absolute Gasteiger partial charge is 0.444 e. The zero-order valence-electron chi connectivity index (χ0n) is 14.1. The predicted octanol–water partition coefficient (Wildman–Crippen LogP) is 4.40. The number of amides is 1. The SMILES string of the molecule is CC(C)(C)OC(=O)N1CCC(c2ccc(C(F)(F)F)cc2N)CC1. The fourth-order valence-corrected chi connectivity index (χ4v) is 2.82. The van der Waals surface area contributed by atoms with Crippen molar-refractivity contribution >= 4 is 11.8 Å². The summed E-state index contributed by atoms with van der Waals surface area (Å²) in [4.78, 5) is 13.7. The molecular formula is C17H23F3N2O2. The zero-order chi connectivity index (χ0) is 18.1. The second kappa shape index (κ2) is 6.53. The number of rotatable bonds is 1. The summed E-state index contributed by atoms with van der Waals surface area (Å²) in [5, 5.41) is 0. The highest BCUT2D eigenvalue weighted by molar-refractivity contribution is 5.68. The number of hydrogen-bond acceptors (Lipinski definition) is 3. The number of likely N-dealkylation sites (tertiary alicyclic amines) is 1. The number of alkyl halides is 3. The minimum atomic E-state index is -4.40. The van der Waals surface area contributed by atoms with Crippen LogP contribution in [0.15, 0.2) is 18.2 Å². The van der Waals surface area contributed by atoms with Gasteiger partial charge in [0.25, 0.3) is 0 Å². The van der Waals surface area contributed by atoms with Crippen molar-refractivity contribution in [3.05, 3.63) is 29.3 Å². The van der Waals surface area contributed by atoms with Gasteiger partial charge in [0.15, 0.2) is 0 Å². The number of nitrogens with zero attached hydrogens (tertiary/aromatic N) is 1. The zero-order valence-corrected chi connectivity index (χ0v) is 14.1. The van der Waals surface area contributed by atoms with Crippen molar-refractivity contribution in [2.75, 3.05) is 18.8 Å². The van der Waals surface area contributed by atoms with Gasteiger partial charge in [0.1, 0.15) is 5.60 Å². The maximum absolute atomic E-state index is 12.7. The Morgan fingerprint density at radius 1 is 1.21 bits per heavy atom. The third kappa shape index (κ3) is 4.55. The van der Waals surface area contributed by atoms with Gasteiger partial charge in [0.05, 0.1) is 5.56 Å². The summed E-state index contributed by atoms with van der Waals surface area (Å²) in [6.45, 7) is 6.42. The molecule has 1 amide bonds. The van der Waals surface area contributed by atoms with Crippen molar-refractivity contribution in [1.29, 1.82) is 0 Å². The van der Waals surface area contributed by atoms with Crippen LogP contribution in [-0.2, 0) is 10.9 Å². The summed E-state index contributed by atoms with van der Waals surface area (Å²) in [5.74, 6) is 0.0472. The summed E-state index contributed by atoms with van der Waals surface area (Å²) in [6.07, 6.45) is -3.46. The first kappa shape index (κ1) is 18.4. The van der Waals surface area contributed by atoms with E-state index in [0.717, 1.165) is 12.1 Å². The number of nitrogens with two attached hydrogens (primary N) is 1. The molecule has 0 radical (unpaired) electrons. The fraction of sp³-hybridized carbons (Fsp3) is 0.588. The Kier molecular flexibility index (Phi) is 5.01. The first-order valence-electron chi connectivity index (χ1n) is 7.92. The third-order valence-corrected chi connectivity index (χ3v) is 4.00. The molecule has 0 aromatic heterocycles. The Morgan fingerprint density at radius 3 is 2.25 bits per heavy atom. The van der Waals surface area contributed by atoms with E-state index in [1.807, 2.05) is 0 Å². The van der Waals surface area contributed by atoms with E-state index in [1.165, 1.54) is 6.07 Å². The topological polar surface area (TPSA) is 55.6 Å². The van der Waals surface area contributed by atoms with Crippen LogP contribution in [-0.4, -0.2) is 29.7 Å². The van der Waals surface area contributed by atoms with Crippen LogP contribution in [0.1, 0.15) is 50.7 Å². The molecule has 0 saturated carbocycles. The molecule has 2 N–H and O–H groups in total. The van der Waals surface area contributed by atoms with Crippen LogP contribution in [0.3, 0.4) is 0 Å². The molecule has 24 heavy (non-hydrogen) atoms.